The quantitative estimate of drug-likeness (QED) is 0.656. The van der Waals surface area contributed by atoms with Gasteiger partial charge in [0.2, 0.25) is 0 Å². The van der Waals surface area contributed by atoms with Gasteiger partial charge in [-0.2, -0.15) is 0 Å². The average molecular weight is 296 g/mol. The van der Waals surface area contributed by atoms with E-state index in [-0.39, 0.29) is 0 Å². The van der Waals surface area contributed by atoms with Gasteiger partial charge >= 0.3 is 0 Å². The lowest BCUT2D eigenvalue weighted by Crippen LogP contribution is -2.35. The highest BCUT2D eigenvalue weighted by Gasteiger charge is 2.12. The number of hydrogen-bond acceptors (Lipinski definition) is 4. The Hall–Kier alpha value is -2.08. The van der Waals surface area contributed by atoms with E-state index in [4.69, 9.17) is 22.1 Å². The Kier molecular flexibility index (Phi) is 5.99. The van der Waals surface area contributed by atoms with Crippen molar-refractivity contribution in [2.75, 3.05) is 33.6 Å². The molecule has 0 unspecified atom stereocenters. The molecule has 6 nitrogen and oxygen atoms in total. The highest BCUT2D eigenvalue weighted by atomic mass is 35.5. The third-order valence-electron chi connectivity index (χ3n) is 2.57. The number of ether oxygens (including phenoxy) is 1. The van der Waals surface area contributed by atoms with Gasteiger partial charge in [0.25, 0.3) is 0 Å². The molecule has 0 amide bonds. The van der Waals surface area contributed by atoms with Crippen LogP contribution in [0.1, 0.15) is 0 Å². The Morgan fingerprint density at radius 2 is 1.90 bits per heavy atom. The van der Waals surface area contributed by atoms with Crippen LogP contribution in [0.4, 0.5) is 5.69 Å². The number of rotatable bonds is 4. The van der Waals surface area contributed by atoms with E-state index in [1.54, 1.807) is 40.4 Å². The first-order valence-corrected chi connectivity index (χ1v) is 6.22. The van der Waals surface area contributed by atoms with Crippen LogP contribution < -0.4 is 15.8 Å². The molecule has 0 saturated heterocycles. The largest absolute Gasteiger partial charge is 0.495 e. The zero-order valence-electron chi connectivity index (χ0n) is 11.9. The summed E-state index contributed by atoms with van der Waals surface area (Å²) in [7, 11) is 6.42. The van der Waals surface area contributed by atoms with Crippen molar-refractivity contribution in [1.29, 1.82) is 0 Å². The minimum absolute atomic E-state index is 0.306. The van der Waals surface area contributed by atoms with Crippen molar-refractivity contribution in [3.63, 3.8) is 0 Å². The van der Waals surface area contributed by atoms with Crippen LogP contribution >= 0.6 is 11.6 Å². The zero-order valence-corrected chi connectivity index (χ0v) is 12.7. The molecule has 0 radical (unpaired) electrons. The normalized spacial score (nSPS) is 13.3. The summed E-state index contributed by atoms with van der Waals surface area (Å²) >= 11 is 6.08. The number of amidine groups is 2. The molecule has 1 rings (SSSR count). The number of nitrogens with zero attached hydrogens (tertiary/aromatic N) is 3. The van der Waals surface area contributed by atoms with E-state index in [0.717, 1.165) is 5.69 Å². The van der Waals surface area contributed by atoms with Gasteiger partial charge in [-0.25, -0.2) is 0 Å². The third-order valence-corrected chi connectivity index (χ3v) is 2.86. The van der Waals surface area contributed by atoms with Crippen molar-refractivity contribution in [2.45, 2.75) is 0 Å². The second-order valence-corrected chi connectivity index (χ2v) is 4.13. The Balaban J connectivity index is 3.04. The van der Waals surface area contributed by atoms with Crippen molar-refractivity contribution in [3.05, 3.63) is 23.2 Å². The van der Waals surface area contributed by atoms with E-state index < -0.39 is 0 Å². The fourth-order valence-corrected chi connectivity index (χ4v) is 1.81. The highest BCUT2D eigenvalue weighted by Crippen LogP contribution is 2.27. The lowest BCUT2D eigenvalue weighted by Gasteiger charge is -2.12. The maximum Gasteiger partial charge on any atom is 0.154 e. The second-order valence-electron chi connectivity index (χ2n) is 3.73. The molecule has 0 spiro atoms. The zero-order chi connectivity index (χ0) is 15.1. The molecular weight excluding hydrogens is 278 g/mol. The number of halogens is 1. The summed E-state index contributed by atoms with van der Waals surface area (Å²) < 4.78 is 5.10. The predicted molar refractivity (Wildman–Crippen MR) is 85.9 cm³/mol. The molecule has 0 aliphatic rings. The average Bonchev–Trinajstić information content (AvgIpc) is 2.46. The lowest BCUT2D eigenvalue weighted by atomic mass is 10.2. The highest BCUT2D eigenvalue weighted by molar-refractivity contribution is 6.69. The van der Waals surface area contributed by atoms with Crippen molar-refractivity contribution >= 4 is 34.7 Å². The number of nitrogens with one attached hydrogen (secondary N) is 1. The number of benzene rings is 1. The van der Waals surface area contributed by atoms with Crippen molar-refractivity contribution in [3.8, 4) is 5.75 Å². The molecule has 3 N–H and O–H groups in total. The molecular formula is C13H18ClN5O. The molecule has 0 saturated carbocycles. The van der Waals surface area contributed by atoms with Crippen LogP contribution in [0.25, 0.3) is 0 Å². The number of hydrogen-bond donors (Lipinski definition) is 2. The van der Waals surface area contributed by atoms with Gasteiger partial charge in [0.15, 0.2) is 5.84 Å². The smallest absolute Gasteiger partial charge is 0.154 e. The summed E-state index contributed by atoms with van der Waals surface area (Å²) in [4.78, 5) is 12.1. The fraction of sp³-hybridized carbons (Fsp3) is 0.308. The lowest BCUT2D eigenvalue weighted by molar-refractivity contribution is 0.415. The third kappa shape index (κ3) is 3.71. The molecule has 0 aromatic heterocycles. The molecule has 0 aliphatic carbocycles. The molecule has 0 aliphatic heterocycles. The van der Waals surface area contributed by atoms with E-state index in [0.29, 0.717) is 28.2 Å². The first kappa shape index (κ1) is 16.0. The van der Waals surface area contributed by atoms with Gasteiger partial charge in [-0.1, -0.05) is 11.6 Å². The van der Waals surface area contributed by atoms with E-state index in [1.807, 2.05) is 6.07 Å². The van der Waals surface area contributed by atoms with Crippen molar-refractivity contribution in [2.24, 2.45) is 20.7 Å². The summed E-state index contributed by atoms with van der Waals surface area (Å²) in [5.41, 5.74) is 7.02. The van der Waals surface area contributed by atoms with Crippen LogP contribution in [0.2, 0.25) is 5.02 Å². The summed E-state index contributed by atoms with van der Waals surface area (Å²) in [6, 6.07) is 5.32. The van der Waals surface area contributed by atoms with E-state index in [1.165, 1.54) is 0 Å². The second kappa shape index (κ2) is 7.49. The number of methoxy groups -OCH3 is 1. The van der Waals surface area contributed by atoms with Gasteiger partial charge in [0.05, 0.1) is 12.1 Å². The van der Waals surface area contributed by atoms with Crippen LogP contribution in [-0.2, 0) is 0 Å². The van der Waals surface area contributed by atoms with Crippen molar-refractivity contribution < 1.29 is 4.74 Å². The SMILES string of the molecule is CN=C(N)C(=NC)C(=NC)Nc1ccc(OC)c(Cl)c1. The number of aliphatic imine (C=N–C) groups is 3. The van der Waals surface area contributed by atoms with Crippen molar-refractivity contribution in [1.82, 2.24) is 0 Å². The molecule has 1 aromatic carbocycles. The molecule has 0 bridgehead atoms. The first-order chi connectivity index (χ1) is 9.57. The van der Waals surface area contributed by atoms with Gasteiger partial charge in [0, 0.05) is 26.8 Å². The van der Waals surface area contributed by atoms with E-state index in [9.17, 15) is 0 Å². The van der Waals surface area contributed by atoms with Crippen LogP contribution in [-0.4, -0.2) is 45.6 Å². The topological polar surface area (TPSA) is 84.4 Å². The van der Waals surface area contributed by atoms with Gasteiger partial charge in [0.1, 0.15) is 17.3 Å². The van der Waals surface area contributed by atoms with Gasteiger partial charge in [-0.15, -0.1) is 0 Å². The molecule has 20 heavy (non-hydrogen) atoms. The van der Waals surface area contributed by atoms with Gasteiger partial charge in [-0.05, 0) is 18.2 Å². The Bertz CT molecular complexity index is 566. The summed E-state index contributed by atoms with van der Waals surface area (Å²) in [5, 5.41) is 3.61. The maximum atomic E-state index is 6.08. The first-order valence-electron chi connectivity index (χ1n) is 5.84. The number of anilines is 1. The fourth-order valence-electron chi connectivity index (χ4n) is 1.55. The molecule has 0 atom stereocenters. The Morgan fingerprint density at radius 3 is 2.35 bits per heavy atom. The van der Waals surface area contributed by atoms with Gasteiger partial charge < -0.3 is 15.8 Å². The summed E-state index contributed by atoms with van der Waals surface area (Å²) in [6.45, 7) is 0. The maximum absolute atomic E-state index is 6.08. The molecule has 0 heterocycles. The van der Waals surface area contributed by atoms with Crippen LogP contribution in [0.3, 0.4) is 0 Å². The minimum Gasteiger partial charge on any atom is -0.495 e. The monoisotopic (exact) mass is 295 g/mol. The Labute approximate surface area is 123 Å². The molecule has 7 heteroatoms. The van der Waals surface area contributed by atoms with E-state index >= 15 is 0 Å². The summed E-state index contributed by atoms with van der Waals surface area (Å²) in [5.74, 6) is 1.42. The number of nitrogens with two attached hydrogens (primary N) is 1. The minimum atomic E-state index is 0.306. The molecule has 108 valence electrons. The predicted octanol–water partition coefficient (Wildman–Crippen LogP) is 1.85. The van der Waals surface area contributed by atoms with Crippen LogP contribution in [0.5, 0.6) is 5.75 Å². The Morgan fingerprint density at radius 1 is 1.20 bits per heavy atom. The van der Waals surface area contributed by atoms with Gasteiger partial charge in [-0.3, -0.25) is 15.0 Å². The van der Waals surface area contributed by atoms with Crippen LogP contribution in [0, 0.1) is 0 Å². The molecule has 1 aromatic rings. The summed E-state index contributed by atoms with van der Waals surface area (Å²) in [6.07, 6.45) is 0. The molecule has 0 fully saturated rings. The van der Waals surface area contributed by atoms with E-state index in [2.05, 4.69) is 20.3 Å². The van der Waals surface area contributed by atoms with Crippen LogP contribution in [0.15, 0.2) is 33.2 Å². The standard InChI is InChI=1S/C13H18ClN5O/c1-16-11(12(15)17-2)13(18-3)19-8-5-6-10(20-4)9(14)7-8/h5-7H,1-4H3,(H2,15,17)(H,18,19).